The van der Waals surface area contributed by atoms with Gasteiger partial charge in [0.05, 0.1) is 18.7 Å². The molecule has 0 aromatic heterocycles. The van der Waals surface area contributed by atoms with Gasteiger partial charge in [-0.25, -0.2) is 9.18 Å². The first kappa shape index (κ1) is 32.1. The van der Waals surface area contributed by atoms with Crippen LogP contribution in [-0.4, -0.2) is 66.8 Å². The molecule has 228 valence electrons. The summed E-state index contributed by atoms with van der Waals surface area (Å²) in [6.07, 6.45) is -1.82. The van der Waals surface area contributed by atoms with Crippen molar-refractivity contribution in [2.24, 2.45) is 17.8 Å². The summed E-state index contributed by atoms with van der Waals surface area (Å²) in [6, 6.07) is 2.49. The maximum atomic E-state index is 15.2. The molecule has 2 aliphatic rings. The van der Waals surface area contributed by atoms with Gasteiger partial charge >= 0.3 is 18.2 Å². The third-order valence-electron chi connectivity index (χ3n) is 7.02. The summed E-state index contributed by atoms with van der Waals surface area (Å²) in [5.74, 6) is -4.48. The number of hydrogen-bond acceptors (Lipinski definition) is 6. The number of nitrogens with one attached hydrogen (secondary N) is 2. The number of ether oxygens (including phenoxy) is 2. The molecule has 0 bridgehead atoms. The van der Waals surface area contributed by atoms with Gasteiger partial charge in [-0.3, -0.25) is 14.4 Å². The van der Waals surface area contributed by atoms with Crippen molar-refractivity contribution in [1.29, 1.82) is 0 Å². The number of esters is 1. The Morgan fingerprint density at radius 2 is 1.63 bits per heavy atom. The Hall–Kier alpha value is -3.38. The van der Waals surface area contributed by atoms with E-state index in [1.165, 1.54) is 19.1 Å². The van der Waals surface area contributed by atoms with Gasteiger partial charge in [0.25, 0.3) is 0 Å². The second-order valence-corrected chi connectivity index (χ2v) is 11.7. The van der Waals surface area contributed by atoms with E-state index < -0.39 is 66.5 Å². The predicted molar refractivity (Wildman–Crippen MR) is 140 cm³/mol. The van der Waals surface area contributed by atoms with E-state index in [9.17, 15) is 32.3 Å². The van der Waals surface area contributed by atoms with E-state index in [1.807, 2.05) is 0 Å². The van der Waals surface area contributed by atoms with Crippen LogP contribution in [-0.2, 0) is 23.9 Å². The van der Waals surface area contributed by atoms with Crippen LogP contribution in [0, 0.1) is 23.6 Å². The molecule has 0 heterocycles. The van der Waals surface area contributed by atoms with Crippen LogP contribution >= 0.6 is 0 Å². The highest BCUT2D eigenvalue weighted by molar-refractivity contribution is 5.97. The molecule has 41 heavy (non-hydrogen) atoms. The maximum absolute atomic E-state index is 15.2. The van der Waals surface area contributed by atoms with Crippen molar-refractivity contribution in [3.05, 3.63) is 29.6 Å². The number of alkyl halides is 3. The number of methoxy groups -OCH3 is 1. The average Bonchev–Trinajstić information content (AvgIpc) is 3.77. The first-order chi connectivity index (χ1) is 19.0. The highest BCUT2D eigenvalue weighted by atomic mass is 19.4. The van der Waals surface area contributed by atoms with E-state index in [1.54, 1.807) is 20.8 Å². The van der Waals surface area contributed by atoms with Gasteiger partial charge < -0.3 is 25.0 Å². The fourth-order valence-electron chi connectivity index (χ4n) is 4.84. The zero-order valence-electron chi connectivity index (χ0n) is 23.8. The smallest absolute Gasteiger partial charge is 0.408 e. The lowest BCUT2D eigenvalue weighted by Crippen LogP contribution is -2.51. The lowest BCUT2D eigenvalue weighted by Gasteiger charge is -2.29. The van der Waals surface area contributed by atoms with Crippen LogP contribution in [0.15, 0.2) is 18.2 Å². The van der Waals surface area contributed by atoms with Crippen LogP contribution in [0.1, 0.15) is 64.9 Å². The summed E-state index contributed by atoms with van der Waals surface area (Å²) < 4.78 is 64.0. The van der Waals surface area contributed by atoms with E-state index in [0.29, 0.717) is 4.90 Å². The second-order valence-electron chi connectivity index (χ2n) is 11.7. The van der Waals surface area contributed by atoms with Crippen LogP contribution < -0.4 is 10.6 Å². The fourth-order valence-corrected chi connectivity index (χ4v) is 4.84. The third-order valence-corrected chi connectivity index (χ3v) is 7.02. The van der Waals surface area contributed by atoms with Crippen molar-refractivity contribution in [3.63, 3.8) is 0 Å². The molecule has 0 aliphatic heterocycles. The standard InChI is InChI=1S/C28H37F4N3O6/c1-15(25(38)35(13-21(36)40-5)14-28(30,31)32)18-10-11-20(19(29)12-18)33-24(37)23(34-26(39)41-27(2,3)4)22(16-6-7-16)17-8-9-17/h10-12,15-17,22-23H,6-9,13-14H2,1-5H3,(H,33,37)(H,34,39). The van der Waals surface area contributed by atoms with Crippen molar-refractivity contribution < 1.29 is 46.2 Å². The zero-order chi connectivity index (χ0) is 30.7. The SMILES string of the molecule is COC(=O)CN(CC(F)(F)F)C(=O)C(C)c1ccc(NC(=O)C(NC(=O)OC(C)(C)C)C(C2CC2)C2CC2)c(F)c1. The van der Waals surface area contributed by atoms with Crippen LogP contribution in [0.2, 0.25) is 0 Å². The largest absolute Gasteiger partial charge is 0.468 e. The van der Waals surface area contributed by atoms with Gasteiger partial charge in [0.1, 0.15) is 30.5 Å². The van der Waals surface area contributed by atoms with Crippen molar-refractivity contribution >= 4 is 29.6 Å². The number of alkyl carbamates (subject to hydrolysis) is 1. The summed E-state index contributed by atoms with van der Waals surface area (Å²) in [7, 11) is 0.982. The van der Waals surface area contributed by atoms with Gasteiger partial charge in [-0.05, 0) is 88.8 Å². The quantitative estimate of drug-likeness (QED) is 0.285. The number of carbonyl (C=O) groups excluding carboxylic acids is 4. The number of benzene rings is 1. The van der Waals surface area contributed by atoms with Crippen molar-refractivity contribution in [2.75, 3.05) is 25.5 Å². The van der Waals surface area contributed by atoms with Gasteiger partial charge in [0, 0.05) is 0 Å². The topological polar surface area (TPSA) is 114 Å². The Morgan fingerprint density at radius 3 is 2.10 bits per heavy atom. The Morgan fingerprint density at radius 1 is 1.05 bits per heavy atom. The minimum absolute atomic E-state index is 0.0415. The fraction of sp³-hybridized carbons (Fsp3) is 0.643. The lowest BCUT2D eigenvalue weighted by atomic mass is 9.88. The van der Waals surface area contributed by atoms with Crippen LogP contribution in [0.3, 0.4) is 0 Å². The monoisotopic (exact) mass is 587 g/mol. The summed E-state index contributed by atoms with van der Waals surface area (Å²) >= 11 is 0. The molecule has 0 saturated heterocycles. The molecule has 2 unspecified atom stereocenters. The van der Waals surface area contributed by atoms with Gasteiger partial charge in [-0.15, -0.1) is 0 Å². The molecule has 3 amide bonds. The summed E-state index contributed by atoms with van der Waals surface area (Å²) in [5.41, 5.74) is -0.969. The van der Waals surface area contributed by atoms with Crippen molar-refractivity contribution in [2.45, 2.75) is 77.1 Å². The van der Waals surface area contributed by atoms with Crippen molar-refractivity contribution in [1.82, 2.24) is 10.2 Å². The number of hydrogen-bond donors (Lipinski definition) is 2. The predicted octanol–water partition coefficient (Wildman–Crippen LogP) is 4.76. The Labute approximate surface area is 236 Å². The molecule has 2 N–H and O–H groups in total. The second kappa shape index (κ2) is 12.6. The minimum atomic E-state index is -4.77. The third kappa shape index (κ3) is 9.60. The lowest BCUT2D eigenvalue weighted by molar-refractivity contribution is -0.167. The molecule has 1 aromatic carbocycles. The van der Waals surface area contributed by atoms with E-state index in [-0.39, 0.29) is 29.0 Å². The highest BCUT2D eigenvalue weighted by Crippen LogP contribution is 2.51. The normalized spacial score (nSPS) is 16.9. The summed E-state index contributed by atoms with van der Waals surface area (Å²) in [6.45, 7) is 3.76. The number of rotatable bonds is 11. The van der Waals surface area contributed by atoms with Crippen molar-refractivity contribution in [3.8, 4) is 0 Å². The van der Waals surface area contributed by atoms with Gasteiger partial charge in [-0.1, -0.05) is 6.07 Å². The molecule has 3 rings (SSSR count). The van der Waals surface area contributed by atoms with E-state index in [0.717, 1.165) is 38.9 Å². The molecular formula is C28H37F4N3O6. The number of halogens is 4. The Bertz CT molecular complexity index is 1130. The summed E-state index contributed by atoms with van der Waals surface area (Å²) in [5, 5.41) is 5.19. The molecule has 13 heteroatoms. The Balaban J connectivity index is 1.77. The minimum Gasteiger partial charge on any atom is -0.468 e. The van der Waals surface area contributed by atoms with Gasteiger partial charge in [0.2, 0.25) is 11.8 Å². The van der Waals surface area contributed by atoms with Gasteiger partial charge in [0.15, 0.2) is 0 Å². The molecule has 1 aromatic rings. The molecule has 2 fully saturated rings. The average molecular weight is 588 g/mol. The van der Waals surface area contributed by atoms with E-state index in [2.05, 4.69) is 15.4 Å². The molecule has 9 nitrogen and oxygen atoms in total. The maximum Gasteiger partial charge on any atom is 0.408 e. The Kier molecular flexibility index (Phi) is 9.91. The highest BCUT2D eigenvalue weighted by Gasteiger charge is 2.48. The molecule has 0 spiro atoms. The van der Waals surface area contributed by atoms with Crippen LogP contribution in [0.4, 0.5) is 28.0 Å². The zero-order valence-corrected chi connectivity index (χ0v) is 23.8. The number of carbonyl (C=O) groups is 4. The van der Waals surface area contributed by atoms with Gasteiger partial charge in [-0.2, -0.15) is 13.2 Å². The number of anilines is 1. The number of nitrogens with zero attached hydrogens (tertiary/aromatic N) is 1. The first-order valence-corrected chi connectivity index (χ1v) is 13.5. The van der Waals surface area contributed by atoms with Crippen LogP contribution in [0.5, 0.6) is 0 Å². The van der Waals surface area contributed by atoms with E-state index in [4.69, 9.17) is 4.74 Å². The molecule has 0 radical (unpaired) electrons. The summed E-state index contributed by atoms with van der Waals surface area (Å²) in [4.78, 5) is 50.7. The van der Waals surface area contributed by atoms with E-state index >= 15 is 4.39 Å². The molecular weight excluding hydrogens is 550 g/mol. The molecule has 2 aliphatic carbocycles. The number of amides is 3. The molecule has 2 saturated carbocycles. The molecule has 2 atom stereocenters. The first-order valence-electron chi connectivity index (χ1n) is 13.5. The van der Waals surface area contributed by atoms with Crippen LogP contribution in [0.25, 0.3) is 0 Å².